The van der Waals surface area contributed by atoms with Crippen molar-refractivity contribution in [2.75, 3.05) is 0 Å². The average molecular weight is 212 g/mol. The summed E-state index contributed by atoms with van der Waals surface area (Å²) < 4.78 is 12.8. The first-order valence-electron chi connectivity index (χ1n) is 3.73. The number of nitrogens with zero attached hydrogens (tertiary/aromatic N) is 1. The van der Waals surface area contributed by atoms with E-state index in [4.69, 9.17) is 11.6 Å². The maximum atomic E-state index is 12.8. The van der Waals surface area contributed by atoms with Gasteiger partial charge in [-0.15, -0.1) is 0 Å². The van der Waals surface area contributed by atoms with Gasteiger partial charge in [0.1, 0.15) is 16.7 Å². The summed E-state index contributed by atoms with van der Waals surface area (Å²) in [6.07, 6.45) is 1.93. The van der Waals surface area contributed by atoms with Gasteiger partial charge in [-0.05, 0) is 6.07 Å². The molecule has 1 aromatic heterocycles. The molecular weight excluding hydrogens is 205 g/mol. The summed E-state index contributed by atoms with van der Waals surface area (Å²) >= 11 is 5.62. The van der Waals surface area contributed by atoms with Crippen molar-refractivity contribution < 1.29 is 9.18 Å². The standard InChI is InChI=1S/C10H7ClFNO/c1-3-7-4-8(5-14)10(11)13-9(7)6(2)12/h3-5H,1-2H2. The van der Waals surface area contributed by atoms with Gasteiger partial charge in [-0.2, -0.15) is 0 Å². The maximum absolute atomic E-state index is 12.8. The molecular formula is C10H7ClFNO. The lowest BCUT2D eigenvalue weighted by molar-refractivity contribution is 0.112. The van der Waals surface area contributed by atoms with Crippen LogP contribution in [0.4, 0.5) is 4.39 Å². The minimum atomic E-state index is -0.709. The van der Waals surface area contributed by atoms with E-state index in [1.165, 1.54) is 12.1 Å². The van der Waals surface area contributed by atoms with E-state index in [9.17, 15) is 9.18 Å². The molecule has 0 bridgehead atoms. The first-order valence-corrected chi connectivity index (χ1v) is 4.11. The number of pyridine rings is 1. The molecule has 1 heterocycles. The third kappa shape index (κ3) is 1.88. The van der Waals surface area contributed by atoms with E-state index in [0.29, 0.717) is 11.8 Å². The van der Waals surface area contributed by atoms with Crippen molar-refractivity contribution in [2.24, 2.45) is 0 Å². The number of hydrogen-bond donors (Lipinski definition) is 0. The topological polar surface area (TPSA) is 30.0 Å². The lowest BCUT2D eigenvalue weighted by atomic mass is 10.1. The predicted molar refractivity (Wildman–Crippen MR) is 54.9 cm³/mol. The molecule has 0 saturated carbocycles. The van der Waals surface area contributed by atoms with Gasteiger partial charge in [-0.3, -0.25) is 4.79 Å². The molecule has 0 atom stereocenters. The monoisotopic (exact) mass is 211 g/mol. The molecule has 4 heteroatoms. The second-order valence-electron chi connectivity index (χ2n) is 2.53. The Morgan fingerprint density at radius 3 is 2.64 bits per heavy atom. The highest BCUT2D eigenvalue weighted by Crippen LogP contribution is 2.22. The van der Waals surface area contributed by atoms with Crippen molar-refractivity contribution >= 4 is 29.8 Å². The summed E-state index contributed by atoms with van der Waals surface area (Å²) in [7, 11) is 0. The van der Waals surface area contributed by atoms with E-state index in [0.717, 1.165) is 0 Å². The van der Waals surface area contributed by atoms with Gasteiger partial charge in [-0.25, -0.2) is 9.37 Å². The zero-order valence-electron chi connectivity index (χ0n) is 7.26. The van der Waals surface area contributed by atoms with Gasteiger partial charge in [0.25, 0.3) is 0 Å². The minimum absolute atomic E-state index is 0.00981. The first kappa shape index (κ1) is 10.6. The highest BCUT2D eigenvalue weighted by molar-refractivity contribution is 6.31. The molecule has 1 rings (SSSR count). The molecule has 72 valence electrons. The molecule has 0 spiro atoms. The Labute approximate surface area is 85.7 Å². The van der Waals surface area contributed by atoms with E-state index >= 15 is 0 Å². The Morgan fingerprint density at radius 2 is 2.21 bits per heavy atom. The summed E-state index contributed by atoms with van der Waals surface area (Å²) in [5.41, 5.74) is 0.603. The van der Waals surface area contributed by atoms with Crippen LogP contribution in [0.2, 0.25) is 5.15 Å². The Hall–Kier alpha value is -1.48. The van der Waals surface area contributed by atoms with Gasteiger partial charge in [0.15, 0.2) is 6.29 Å². The van der Waals surface area contributed by atoms with E-state index < -0.39 is 5.83 Å². The molecule has 0 amide bonds. The predicted octanol–water partition coefficient (Wildman–Crippen LogP) is 3.13. The summed E-state index contributed by atoms with van der Waals surface area (Å²) in [4.78, 5) is 14.2. The Bertz CT molecular complexity index is 415. The van der Waals surface area contributed by atoms with E-state index in [2.05, 4.69) is 18.1 Å². The largest absolute Gasteiger partial charge is 0.298 e. The minimum Gasteiger partial charge on any atom is -0.298 e. The molecule has 0 aliphatic heterocycles. The quantitative estimate of drug-likeness (QED) is 0.568. The van der Waals surface area contributed by atoms with Crippen LogP contribution in [-0.4, -0.2) is 11.3 Å². The van der Waals surface area contributed by atoms with Crippen LogP contribution < -0.4 is 0 Å². The number of aldehydes is 1. The molecule has 1 aromatic rings. The van der Waals surface area contributed by atoms with Crippen molar-refractivity contribution in [1.82, 2.24) is 4.98 Å². The van der Waals surface area contributed by atoms with Gasteiger partial charge >= 0.3 is 0 Å². The number of aromatic nitrogens is 1. The smallest absolute Gasteiger partial charge is 0.153 e. The van der Waals surface area contributed by atoms with Gasteiger partial charge in [-0.1, -0.05) is 30.8 Å². The second kappa shape index (κ2) is 4.15. The highest BCUT2D eigenvalue weighted by Gasteiger charge is 2.10. The van der Waals surface area contributed by atoms with Crippen LogP contribution in [0.15, 0.2) is 19.2 Å². The SMILES string of the molecule is C=Cc1cc(C=O)c(Cl)nc1C(=C)F. The maximum Gasteiger partial charge on any atom is 0.153 e. The molecule has 0 aliphatic carbocycles. The third-order valence-corrected chi connectivity index (χ3v) is 1.94. The lowest BCUT2D eigenvalue weighted by Gasteiger charge is -2.04. The Morgan fingerprint density at radius 1 is 1.57 bits per heavy atom. The van der Waals surface area contributed by atoms with E-state index in [1.54, 1.807) is 0 Å². The van der Waals surface area contributed by atoms with Crippen molar-refractivity contribution in [1.29, 1.82) is 0 Å². The number of halogens is 2. The van der Waals surface area contributed by atoms with Crippen molar-refractivity contribution in [2.45, 2.75) is 0 Å². The van der Waals surface area contributed by atoms with Gasteiger partial charge in [0, 0.05) is 5.56 Å². The van der Waals surface area contributed by atoms with Crippen LogP contribution in [-0.2, 0) is 0 Å². The zero-order chi connectivity index (χ0) is 10.7. The third-order valence-electron chi connectivity index (χ3n) is 1.64. The molecule has 2 nitrogen and oxygen atoms in total. The highest BCUT2D eigenvalue weighted by atomic mass is 35.5. The lowest BCUT2D eigenvalue weighted by Crippen LogP contribution is -1.95. The van der Waals surface area contributed by atoms with E-state index in [-0.39, 0.29) is 16.4 Å². The number of carbonyl (C=O) groups is 1. The average Bonchev–Trinajstić information content (AvgIpc) is 2.17. The van der Waals surface area contributed by atoms with E-state index in [1.807, 2.05) is 0 Å². The van der Waals surface area contributed by atoms with Crippen molar-refractivity contribution in [3.63, 3.8) is 0 Å². The molecule has 0 unspecified atom stereocenters. The number of carbonyl (C=O) groups excluding carboxylic acids is 1. The molecule has 14 heavy (non-hydrogen) atoms. The normalized spacial score (nSPS) is 9.57. The van der Waals surface area contributed by atoms with Crippen LogP contribution in [0.3, 0.4) is 0 Å². The van der Waals surface area contributed by atoms with Crippen LogP contribution in [0.25, 0.3) is 11.9 Å². The summed E-state index contributed by atoms with van der Waals surface area (Å²) in [6.45, 7) is 6.58. The van der Waals surface area contributed by atoms with Gasteiger partial charge in [0.2, 0.25) is 0 Å². The molecule has 0 aliphatic rings. The Balaban J connectivity index is 3.46. The van der Waals surface area contributed by atoms with Crippen LogP contribution in [0.5, 0.6) is 0 Å². The fourth-order valence-corrected chi connectivity index (χ4v) is 1.16. The van der Waals surface area contributed by atoms with Gasteiger partial charge in [0.05, 0.1) is 5.56 Å². The molecule has 0 saturated heterocycles. The molecule has 0 fully saturated rings. The summed E-state index contributed by atoms with van der Waals surface area (Å²) in [6, 6.07) is 1.41. The van der Waals surface area contributed by atoms with Crippen LogP contribution in [0, 0.1) is 0 Å². The molecule has 0 N–H and O–H groups in total. The first-order chi connectivity index (χ1) is 6.60. The Kier molecular flexibility index (Phi) is 3.14. The molecule has 0 aromatic carbocycles. The summed E-state index contributed by atoms with van der Waals surface area (Å²) in [5, 5.41) is -0.0422. The fraction of sp³-hybridized carbons (Fsp3) is 0. The fourth-order valence-electron chi connectivity index (χ4n) is 0.978. The second-order valence-corrected chi connectivity index (χ2v) is 2.89. The number of rotatable bonds is 3. The van der Waals surface area contributed by atoms with Gasteiger partial charge < -0.3 is 0 Å². The van der Waals surface area contributed by atoms with Crippen molar-refractivity contribution in [3.8, 4) is 0 Å². The van der Waals surface area contributed by atoms with Crippen LogP contribution >= 0.6 is 11.6 Å². The zero-order valence-corrected chi connectivity index (χ0v) is 8.01. The van der Waals surface area contributed by atoms with Crippen LogP contribution in [0.1, 0.15) is 21.6 Å². The summed E-state index contributed by atoms with van der Waals surface area (Å²) in [5.74, 6) is -0.709. The van der Waals surface area contributed by atoms with Crippen molar-refractivity contribution in [3.05, 3.63) is 41.2 Å². The molecule has 0 radical (unpaired) electrons. The number of hydrogen-bond acceptors (Lipinski definition) is 2.